The molecule has 2 aromatic carbocycles. The first-order valence-corrected chi connectivity index (χ1v) is 12.6. The molecule has 176 valence electrons. The number of H-pyrrole nitrogens is 1. The number of rotatable bonds is 5. The molecule has 0 spiro atoms. The zero-order chi connectivity index (χ0) is 23.2. The summed E-state index contributed by atoms with van der Waals surface area (Å²) in [5, 5.41) is 1.13. The minimum atomic E-state index is -0.375. The smallest absolute Gasteiger partial charge is 0.248 e. The molecule has 0 saturated carbocycles. The SMILES string of the molecule is NC(=O)c1ccc2[nH]cc(C3CCN(CCc4cc5c6c(c4)CCC(=O)N6CCC5)CC3)c2c1. The van der Waals surface area contributed by atoms with E-state index in [1.54, 1.807) is 6.07 Å². The van der Waals surface area contributed by atoms with Gasteiger partial charge in [-0.3, -0.25) is 9.59 Å². The summed E-state index contributed by atoms with van der Waals surface area (Å²) in [5.41, 5.74) is 13.8. The van der Waals surface area contributed by atoms with Crippen LogP contribution in [0.1, 0.15) is 64.2 Å². The summed E-state index contributed by atoms with van der Waals surface area (Å²) < 4.78 is 0. The lowest BCUT2D eigenvalue weighted by Crippen LogP contribution is -2.39. The van der Waals surface area contributed by atoms with Crippen LogP contribution in [-0.2, 0) is 24.1 Å². The number of aryl methyl sites for hydroxylation is 2. The molecule has 2 amide bonds. The summed E-state index contributed by atoms with van der Waals surface area (Å²) >= 11 is 0. The third-order valence-corrected chi connectivity index (χ3v) is 8.08. The Morgan fingerprint density at radius 2 is 1.82 bits per heavy atom. The van der Waals surface area contributed by atoms with Crippen molar-refractivity contribution >= 4 is 28.4 Å². The molecule has 0 aliphatic carbocycles. The topological polar surface area (TPSA) is 82.4 Å². The van der Waals surface area contributed by atoms with Crippen LogP contribution in [0.3, 0.4) is 0 Å². The number of aromatic nitrogens is 1. The monoisotopic (exact) mass is 456 g/mol. The van der Waals surface area contributed by atoms with Crippen LogP contribution in [0.5, 0.6) is 0 Å². The van der Waals surface area contributed by atoms with Crippen LogP contribution in [0, 0.1) is 0 Å². The van der Waals surface area contributed by atoms with Crippen LogP contribution >= 0.6 is 0 Å². The van der Waals surface area contributed by atoms with Gasteiger partial charge in [-0.05, 0) is 98.0 Å². The molecule has 6 heteroatoms. The Balaban J connectivity index is 1.11. The molecular formula is C28H32N4O2. The second-order valence-electron chi connectivity index (χ2n) is 10.1. The van der Waals surface area contributed by atoms with Crippen molar-refractivity contribution in [3.05, 3.63) is 64.3 Å². The predicted molar refractivity (Wildman–Crippen MR) is 134 cm³/mol. The third kappa shape index (κ3) is 3.80. The number of primary amides is 1. The number of hydrogen-bond acceptors (Lipinski definition) is 3. The number of anilines is 1. The molecule has 3 N–H and O–H groups in total. The number of carbonyl (C=O) groups excluding carboxylic acids is 2. The molecule has 0 radical (unpaired) electrons. The number of aromatic amines is 1. The molecule has 34 heavy (non-hydrogen) atoms. The van der Waals surface area contributed by atoms with E-state index in [-0.39, 0.29) is 5.91 Å². The Morgan fingerprint density at radius 1 is 1.03 bits per heavy atom. The maximum atomic E-state index is 12.3. The highest BCUT2D eigenvalue weighted by molar-refractivity contribution is 5.98. The normalized spacial score (nSPS) is 18.9. The Morgan fingerprint density at radius 3 is 2.62 bits per heavy atom. The van der Waals surface area contributed by atoms with Gasteiger partial charge in [0.15, 0.2) is 0 Å². The van der Waals surface area contributed by atoms with Gasteiger partial charge < -0.3 is 20.5 Å². The van der Waals surface area contributed by atoms with Gasteiger partial charge in [-0.2, -0.15) is 0 Å². The number of nitrogens with zero attached hydrogens (tertiary/aromatic N) is 2. The molecule has 1 aromatic heterocycles. The van der Waals surface area contributed by atoms with E-state index in [0.29, 0.717) is 23.8 Å². The molecule has 3 aromatic rings. The van der Waals surface area contributed by atoms with Crippen molar-refractivity contribution < 1.29 is 9.59 Å². The number of amides is 2. The highest BCUT2D eigenvalue weighted by atomic mass is 16.2. The quantitative estimate of drug-likeness (QED) is 0.611. The first-order chi connectivity index (χ1) is 16.6. The van der Waals surface area contributed by atoms with Gasteiger partial charge in [0.25, 0.3) is 0 Å². The average Bonchev–Trinajstić information content (AvgIpc) is 3.28. The van der Waals surface area contributed by atoms with Crippen LogP contribution in [0.15, 0.2) is 36.5 Å². The molecule has 4 heterocycles. The van der Waals surface area contributed by atoms with Crippen LogP contribution in [0.2, 0.25) is 0 Å². The highest BCUT2D eigenvalue weighted by Gasteiger charge is 2.30. The van der Waals surface area contributed by atoms with E-state index in [4.69, 9.17) is 5.73 Å². The number of carbonyl (C=O) groups is 2. The second-order valence-corrected chi connectivity index (χ2v) is 10.1. The lowest BCUT2D eigenvalue weighted by atomic mass is 9.88. The molecular weight excluding hydrogens is 424 g/mol. The minimum absolute atomic E-state index is 0.296. The standard InChI is InChI=1S/C28H32N4O2/c29-28(34)22-3-5-25-23(16-22)24(17-30-25)19-8-12-31(13-9-19)11-7-18-14-20-2-1-10-32-26(33)6-4-21(15-18)27(20)32/h3,5,14-17,19,30H,1-2,4,6-13H2,(H2,29,34). The van der Waals surface area contributed by atoms with Gasteiger partial charge in [-0.15, -0.1) is 0 Å². The van der Waals surface area contributed by atoms with Crippen molar-refractivity contribution in [3.8, 4) is 0 Å². The van der Waals surface area contributed by atoms with E-state index in [0.717, 1.165) is 75.6 Å². The van der Waals surface area contributed by atoms with Gasteiger partial charge in [-0.25, -0.2) is 0 Å². The molecule has 6 rings (SSSR count). The van der Waals surface area contributed by atoms with Crippen molar-refractivity contribution in [1.82, 2.24) is 9.88 Å². The lowest BCUT2D eigenvalue weighted by molar-refractivity contribution is -0.119. The van der Waals surface area contributed by atoms with E-state index in [9.17, 15) is 9.59 Å². The summed E-state index contributed by atoms with van der Waals surface area (Å²) in [4.78, 5) is 31.9. The summed E-state index contributed by atoms with van der Waals surface area (Å²) in [6.07, 6.45) is 9.13. The first-order valence-electron chi connectivity index (χ1n) is 12.6. The van der Waals surface area contributed by atoms with Crippen molar-refractivity contribution in [2.45, 2.75) is 50.9 Å². The van der Waals surface area contributed by atoms with E-state index in [1.807, 2.05) is 17.0 Å². The number of hydrogen-bond donors (Lipinski definition) is 2. The van der Waals surface area contributed by atoms with Gasteiger partial charge >= 0.3 is 0 Å². The molecule has 3 aliphatic heterocycles. The van der Waals surface area contributed by atoms with Crippen molar-refractivity contribution in [2.75, 3.05) is 31.1 Å². The van der Waals surface area contributed by atoms with Crippen LogP contribution < -0.4 is 10.6 Å². The molecule has 0 unspecified atom stereocenters. The fraction of sp³-hybridized carbons (Fsp3) is 0.429. The van der Waals surface area contributed by atoms with Crippen LogP contribution in [0.25, 0.3) is 10.9 Å². The molecule has 3 aliphatic rings. The Bertz CT molecular complexity index is 1250. The zero-order valence-corrected chi connectivity index (χ0v) is 19.6. The zero-order valence-electron chi connectivity index (χ0n) is 19.6. The summed E-state index contributed by atoms with van der Waals surface area (Å²) in [5.74, 6) is 0.425. The first kappa shape index (κ1) is 21.4. The Hall–Kier alpha value is -3.12. The number of piperidine rings is 1. The van der Waals surface area contributed by atoms with Gasteiger partial charge in [0.2, 0.25) is 11.8 Å². The molecule has 1 fully saturated rings. The predicted octanol–water partition coefficient (Wildman–Crippen LogP) is 3.91. The van der Waals surface area contributed by atoms with Crippen molar-refractivity contribution in [1.29, 1.82) is 0 Å². The molecule has 0 bridgehead atoms. The Labute approximate surface area is 200 Å². The summed E-state index contributed by atoms with van der Waals surface area (Å²) in [6, 6.07) is 10.4. The van der Waals surface area contributed by atoms with E-state index in [1.165, 1.54) is 27.9 Å². The minimum Gasteiger partial charge on any atom is -0.366 e. The number of nitrogens with one attached hydrogen (secondary N) is 1. The number of benzene rings is 2. The summed E-state index contributed by atoms with van der Waals surface area (Å²) in [7, 11) is 0. The van der Waals surface area contributed by atoms with E-state index >= 15 is 0 Å². The van der Waals surface area contributed by atoms with Gasteiger partial charge in [0.05, 0.1) is 5.69 Å². The molecule has 0 atom stereocenters. The van der Waals surface area contributed by atoms with Crippen LogP contribution in [0.4, 0.5) is 5.69 Å². The molecule has 6 nitrogen and oxygen atoms in total. The fourth-order valence-electron chi connectivity index (χ4n) is 6.26. The lowest BCUT2D eigenvalue weighted by Gasteiger charge is -2.36. The van der Waals surface area contributed by atoms with Crippen molar-refractivity contribution in [3.63, 3.8) is 0 Å². The number of fused-ring (bicyclic) bond motifs is 1. The van der Waals surface area contributed by atoms with Gasteiger partial charge in [0, 0.05) is 42.2 Å². The maximum absolute atomic E-state index is 12.3. The Kier molecular flexibility index (Phi) is 5.41. The largest absolute Gasteiger partial charge is 0.366 e. The maximum Gasteiger partial charge on any atom is 0.248 e. The third-order valence-electron chi connectivity index (χ3n) is 8.08. The number of nitrogens with two attached hydrogens (primary N) is 1. The second kappa shape index (κ2) is 8.58. The van der Waals surface area contributed by atoms with Crippen molar-refractivity contribution in [2.24, 2.45) is 5.73 Å². The van der Waals surface area contributed by atoms with Gasteiger partial charge in [-0.1, -0.05) is 12.1 Å². The van der Waals surface area contributed by atoms with Gasteiger partial charge in [0.1, 0.15) is 0 Å². The fourth-order valence-corrected chi connectivity index (χ4v) is 6.26. The number of likely N-dealkylation sites (tertiary alicyclic amines) is 1. The van der Waals surface area contributed by atoms with Crippen LogP contribution in [-0.4, -0.2) is 47.9 Å². The van der Waals surface area contributed by atoms with E-state index in [2.05, 4.69) is 28.2 Å². The average molecular weight is 457 g/mol. The highest BCUT2D eigenvalue weighted by Crippen LogP contribution is 2.37. The van der Waals surface area contributed by atoms with E-state index < -0.39 is 0 Å². The summed E-state index contributed by atoms with van der Waals surface area (Å²) in [6.45, 7) is 4.14. The molecule has 1 saturated heterocycles.